The van der Waals surface area contributed by atoms with Crippen LogP contribution in [0.25, 0.3) is 0 Å². The van der Waals surface area contributed by atoms with Gasteiger partial charge in [-0.1, -0.05) is 31.8 Å². The van der Waals surface area contributed by atoms with Crippen LogP contribution in [0, 0.1) is 5.92 Å². The Morgan fingerprint density at radius 1 is 1.23 bits per heavy atom. The van der Waals surface area contributed by atoms with E-state index in [0.29, 0.717) is 5.92 Å². The van der Waals surface area contributed by atoms with Crippen LogP contribution in [-0.2, 0) is 0 Å². The van der Waals surface area contributed by atoms with E-state index in [-0.39, 0.29) is 0 Å². The summed E-state index contributed by atoms with van der Waals surface area (Å²) in [6.45, 7) is 8.23. The molecular weight excluding hydrogens is 180 g/mol. The van der Waals surface area contributed by atoms with Crippen molar-refractivity contribution in [3.63, 3.8) is 0 Å². The van der Waals surface area contributed by atoms with E-state index in [9.17, 15) is 0 Å². The maximum absolute atomic E-state index is 5.72. The average molecular weight is 203 g/mol. The molecule has 1 unspecified atom stereocenters. The van der Waals surface area contributed by atoms with Crippen molar-refractivity contribution in [2.24, 2.45) is 5.92 Å². The summed E-state index contributed by atoms with van der Waals surface area (Å²) in [5, 5.41) is 0. The summed E-state index contributed by atoms with van der Waals surface area (Å²) in [5.41, 5.74) is 1.31. The van der Waals surface area contributed by atoms with Gasteiger partial charge in [0, 0.05) is 5.88 Å². The molecule has 0 aromatic heterocycles. The van der Waals surface area contributed by atoms with Gasteiger partial charge in [-0.05, 0) is 32.1 Å². The van der Waals surface area contributed by atoms with Gasteiger partial charge < -0.3 is 0 Å². The van der Waals surface area contributed by atoms with Crippen molar-refractivity contribution in [1.82, 2.24) is 0 Å². The molecule has 1 heteroatoms. The van der Waals surface area contributed by atoms with Crippen molar-refractivity contribution in [2.75, 3.05) is 5.88 Å². The fourth-order valence-corrected chi connectivity index (χ4v) is 1.50. The number of hydrogen-bond donors (Lipinski definition) is 0. The van der Waals surface area contributed by atoms with Crippen molar-refractivity contribution in [3.05, 3.63) is 12.2 Å². The summed E-state index contributed by atoms with van der Waals surface area (Å²) in [5.74, 6) is 1.51. The van der Waals surface area contributed by atoms with Gasteiger partial charge in [-0.2, -0.15) is 0 Å². The highest BCUT2D eigenvalue weighted by Gasteiger charge is 1.98. The molecule has 0 rings (SSSR count). The predicted octanol–water partition coefficient (Wildman–Crippen LogP) is 4.78. The molecule has 0 radical (unpaired) electrons. The van der Waals surface area contributed by atoms with Crippen LogP contribution < -0.4 is 0 Å². The van der Waals surface area contributed by atoms with E-state index in [2.05, 4.69) is 20.4 Å². The minimum atomic E-state index is 0.697. The Morgan fingerprint density at radius 2 is 1.85 bits per heavy atom. The van der Waals surface area contributed by atoms with Gasteiger partial charge >= 0.3 is 0 Å². The monoisotopic (exact) mass is 202 g/mol. The van der Waals surface area contributed by atoms with E-state index in [1.807, 2.05) is 0 Å². The standard InChI is InChI=1S/C12H23Cl/c1-11(2)8-6-4-5-7-9-12(3)10-13/h12H,1,4-10H2,2-3H3. The zero-order valence-corrected chi connectivity index (χ0v) is 9.87. The van der Waals surface area contributed by atoms with E-state index >= 15 is 0 Å². The molecule has 0 bridgehead atoms. The first-order valence-electron chi connectivity index (χ1n) is 5.37. The molecule has 13 heavy (non-hydrogen) atoms. The zero-order valence-electron chi connectivity index (χ0n) is 9.11. The molecule has 0 nitrogen and oxygen atoms in total. The maximum atomic E-state index is 5.72. The van der Waals surface area contributed by atoms with Crippen molar-refractivity contribution in [1.29, 1.82) is 0 Å². The molecule has 0 aromatic carbocycles. The van der Waals surface area contributed by atoms with E-state index in [4.69, 9.17) is 11.6 Å². The summed E-state index contributed by atoms with van der Waals surface area (Å²) in [6, 6.07) is 0. The predicted molar refractivity (Wildman–Crippen MR) is 62.4 cm³/mol. The average Bonchev–Trinajstić information content (AvgIpc) is 2.10. The Labute approximate surface area is 88.4 Å². The van der Waals surface area contributed by atoms with E-state index in [0.717, 1.165) is 5.88 Å². The van der Waals surface area contributed by atoms with Gasteiger partial charge in [0.2, 0.25) is 0 Å². The van der Waals surface area contributed by atoms with Crippen LogP contribution in [0.1, 0.15) is 52.4 Å². The van der Waals surface area contributed by atoms with Crippen LogP contribution in [0.15, 0.2) is 12.2 Å². The molecule has 1 atom stereocenters. The second-order valence-corrected chi connectivity index (χ2v) is 4.48. The first-order valence-corrected chi connectivity index (χ1v) is 5.90. The number of allylic oxidation sites excluding steroid dienone is 1. The lowest BCUT2D eigenvalue weighted by atomic mass is 10.0. The first-order chi connectivity index (χ1) is 6.16. The fraction of sp³-hybridized carbons (Fsp3) is 0.833. The lowest BCUT2D eigenvalue weighted by Crippen LogP contribution is -1.95. The smallest absolute Gasteiger partial charge is 0.0249 e. The molecule has 0 aromatic rings. The minimum Gasteiger partial charge on any atom is -0.126 e. The third-order valence-corrected chi connectivity index (χ3v) is 2.84. The zero-order chi connectivity index (χ0) is 10.1. The van der Waals surface area contributed by atoms with Crippen LogP contribution in [0.4, 0.5) is 0 Å². The van der Waals surface area contributed by atoms with E-state index in [1.54, 1.807) is 0 Å². The number of rotatable bonds is 8. The number of alkyl halides is 1. The highest BCUT2D eigenvalue weighted by atomic mass is 35.5. The van der Waals surface area contributed by atoms with E-state index in [1.165, 1.54) is 44.1 Å². The van der Waals surface area contributed by atoms with Gasteiger partial charge in [-0.3, -0.25) is 0 Å². The van der Waals surface area contributed by atoms with Crippen molar-refractivity contribution < 1.29 is 0 Å². The van der Waals surface area contributed by atoms with Crippen molar-refractivity contribution in [3.8, 4) is 0 Å². The Kier molecular flexibility index (Phi) is 8.64. The molecule has 0 aliphatic carbocycles. The summed E-state index contributed by atoms with van der Waals surface area (Å²) in [6.07, 6.45) is 7.84. The topological polar surface area (TPSA) is 0 Å². The molecule has 0 spiro atoms. The molecule has 0 saturated heterocycles. The maximum Gasteiger partial charge on any atom is 0.0249 e. The molecular formula is C12H23Cl. The lowest BCUT2D eigenvalue weighted by molar-refractivity contribution is 0.523. The van der Waals surface area contributed by atoms with Crippen LogP contribution >= 0.6 is 11.6 Å². The van der Waals surface area contributed by atoms with Gasteiger partial charge in [0.05, 0.1) is 0 Å². The highest BCUT2D eigenvalue weighted by molar-refractivity contribution is 6.18. The van der Waals surface area contributed by atoms with Crippen molar-refractivity contribution in [2.45, 2.75) is 52.4 Å². The quantitative estimate of drug-likeness (QED) is 0.302. The summed E-state index contributed by atoms with van der Waals surface area (Å²) in [7, 11) is 0. The van der Waals surface area contributed by atoms with Crippen LogP contribution in [0.3, 0.4) is 0 Å². The fourth-order valence-electron chi connectivity index (χ4n) is 1.35. The summed E-state index contributed by atoms with van der Waals surface area (Å²) < 4.78 is 0. The second kappa shape index (κ2) is 8.62. The lowest BCUT2D eigenvalue weighted by Gasteiger charge is -2.06. The molecule has 0 aliphatic rings. The number of hydrogen-bond acceptors (Lipinski definition) is 0. The molecule has 0 N–H and O–H groups in total. The molecule has 0 aliphatic heterocycles. The Balaban J connectivity index is 3.04. The third kappa shape index (κ3) is 9.95. The molecule has 0 amide bonds. The molecule has 0 heterocycles. The van der Waals surface area contributed by atoms with Gasteiger partial charge in [-0.15, -0.1) is 18.2 Å². The minimum absolute atomic E-state index is 0.697. The van der Waals surface area contributed by atoms with Crippen molar-refractivity contribution >= 4 is 11.6 Å². The van der Waals surface area contributed by atoms with Gasteiger partial charge in [0.25, 0.3) is 0 Å². The summed E-state index contributed by atoms with van der Waals surface area (Å²) in [4.78, 5) is 0. The summed E-state index contributed by atoms with van der Waals surface area (Å²) >= 11 is 5.72. The number of unbranched alkanes of at least 4 members (excludes halogenated alkanes) is 3. The largest absolute Gasteiger partial charge is 0.126 e. The van der Waals surface area contributed by atoms with Gasteiger partial charge in [0.15, 0.2) is 0 Å². The second-order valence-electron chi connectivity index (χ2n) is 4.17. The Morgan fingerprint density at radius 3 is 2.38 bits per heavy atom. The van der Waals surface area contributed by atoms with Gasteiger partial charge in [0.1, 0.15) is 0 Å². The third-order valence-electron chi connectivity index (χ3n) is 2.31. The number of halogens is 1. The highest BCUT2D eigenvalue weighted by Crippen LogP contribution is 2.13. The first kappa shape index (κ1) is 13.0. The SMILES string of the molecule is C=C(C)CCCCCCC(C)CCl. The Bertz CT molecular complexity index is 129. The van der Waals surface area contributed by atoms with Crippen LogP contribution in [0.2, 0.25) is 0 Å². The van der Waals surface area contributed by atoms with Crippen LogP contribution in [0.5, 0.6) is 0 Å². The Hall–Kier alpha value is 0.0300. The van der Waals surface area contributed by atoms with E-state index < -0.39 is 0 Å². The van der Waals surface area contributed by atoms with Gasteiger partial charge in [-0.25, -0.2) is 0 Å². The normalized spacial score (nSPS) is 12.8. The molecule has 0 saturated carbocycles. The molecule has 0 fully saturated rings. The van der Waals surface area contributed by atoms with Crippen LogP contribution in [-0.4, -0.2) is 5.88 Å². The molecule has 78 valence electrons.